The highest BCUT2D eigenvalue weighted by Gasteiger charge is 2.14. The predicted molar refractivity (Wildman–Crippen MR) is 62.6 cm³/mol. The molecular weight excluding hydrogens is 222 g/mol. The van der Waals surface area contributed by atoms with Gasteiger partial charge in [0.25, 0.3) is 0 Å². The van der Waals surface area contributed by atoms with Crippen LogP contribution in [0, 0.1) is 5.92 Å². The lowest BCUT2D eigenvalue weighted by atomic mass is 10.1. The van der Waals surface area contributed by atoms with E-state index in [1.807, 2.05) is 13.8 Å². The number of rotatable bonds is 5. The van der Waals surface area contributed by atoms with E-state index in [0.29, 0.717) is 5.82 Å². The van der Waals surface area contributed by atoms with Crippen molar-refractivity contribution in [3.63, 3.8) is 0 Å². The van der Waals surface area contributed by atoms with Crippen LogP contribution in [0.3, 0.4) is 0 Å². The Morgan fingerprint density at radius 1 is 1.53 bits per heavy atom. The number of hydrogen-bond donors (Lipinski definition) is 2. The maximum absolute atomic E-state index is 11.6. The van der Waals surface area contributed by atoms with E-state index in [2.05, 4.69) is 15.3 Å². The van der Waals surface area contributed by atoms with Crippen molar-refractivity contribution in [1.82, 2.24) is 9.97 Å². The zero-order valence-electron chi connectivity index (χ0n) is 10.2. The van der Waals surface area contributed by atoms with E-state index in [4.69, 9.17) is 4.74 Å². The van der Waals surface area contributed by atoms with Gasteiger partial charge in [-0.15, -0.1) is 0 Å². The molecule has 0 aliphatic heterocycles. The fraction of sp³-hybridized carbons (Fsp3) is 0.545. The number of esters is 1. The van der Waals surface area contributed by atoms with Gasteiger partial charge in [0.1, 0.15) is 5.82 Å². The average molecular weight is 239 g/mol. The molecule has 0 spiro atoms. The maximum atomic E-state index is 11.6. The number of nitrogens with zero attached hydrogens (tertiary/aromatic N) is 1. The number of ether oxygens (including phenoxy) is 1. The molecule has 0 radical (unpaired) electrons. The molecule has 6 nitrogen and oxygen atoms in total. The molecule has 17 heavy (non-hydrogen) atoms. The first-order valence-electron chi connectivity index (χ1n) is 5.61. The topological polar surface area (TPSA) is 84.1 Å². The van der Waals surface area contributed by atoms with Crippen LogP contribution in [0.25, 0.3) is 0 Å². The number of aromatic nitrogens is 2. The molecule has 0 unspecified atom stereocenters. The Bertz CT molecular complexity index is 400. The highest BCUT2D eigenvalue weighted by molar-refractivity contribution is 5.92. The van der Waals surface area contributed by atoms with E-state index in [0.717, 1.165) is 6.42 Å². The predicted octanol–water partition coefficient (Wildman–Crippen LogP) is 1.57. The third-order valence-corrected chi connectivity index (χ3v) is 2.36. The number of aromatic amines is 1. The lowest BCUT2D eigenvalue weighted by Gasteiger charge is -2.07. The van der Waals surface area contributed by atoms with E-state index in [1.165, 1.54) is 6.20 Å². The van der Waals surface area contributed by atoms with Crippen LogP contribution in [0.1, 0.15) is 37.8 Å². The smallest absolute Gasteiger partial charge is 0.374 e. The van der Waals surface area contributed by atoms with Crippen LogP contribution in [-0.4, -0.2) is 28.5 Å². The Morgan fingerprint density at radius 3 is 2.82 bits per heavy atom. The number of amides is 1. The molecular formula is C11H17N3O3. The van der Waals surface area contributed by atoms with Crippen molar-refractivity contribution in [2.75, 3.05) is 11.9 Å². The number of nitrogens with one attached hydrogen (secondary N) is 2. The van der Waals surface area contributed by atoms with Crippen molar-refractivity contribution in [2.45, 2.75) is 27.2 Å². The Morgan fingerprint density at radius 2 is 2.24 bits per heavy atom. The summed E-state index contributed by atoms with van der Waals surface area (Å²) in [6.07, 6.45) is 2.15. The molecule has 1 atom stereocenters. The Labute approximate surface area is 99.8 Å². The minimum atomic E-state index is -0.531. The van der Waals surface area contributed by atoms with Crippen molar-refractivity contribution in [3.8, 4) is 0 Å². The molecule has 0 bridgehead atoms. The summed E-state index contributed by atoms with van der Waals surface area (Å²) in [5.74, 6) is -0.225. The molecule has 0 saturated heterocycles. The Hall–Kier alpha value is -1.85. The molecule has 0 aliphatic carbocycles. The molecule has 0 fully saturated rings. The highest BCUT2D eigenvalue weighted by atomic mass is 16.5. The standard InChI is InChI=1S/C11H17N3O3/c1-4-7(3)10(15)14-8-6-12-9(13-8)11(16)17-5-2/h6-7H,4-5H2,1-3H3,(H,12,13)(H,14,15)/t7-/m1/s1. The monoisotopic (exact) mass is 239 g/mol. The number of hydrogen-bond acceptors (Lipinski definition) is 4. The fourth-order valence-electron chi connectivity index (χ4n) is 1.13. The normalized spacial score (nSPS) is 11.9. The second kappa shape index (κ2) is 6.03. The van der Waals surface area contributed by atoms with E-state index in [1.54, 1.807) is 6.92 Å². The molecule has 94 valence electrons. The summed E-state index contributed by atoms with van der Waals surface area (Å²) in [6.45, 7) is 5.76. The molecule has 1 aromatic rings. The molecule has 1 amide bonds. The van der Waals surface area contributed by atoms with Gasteiger partial charge in [-0.1, -0.05) is 13.8 Å². The van der Waals surface area contributed by atoms with Crippen molar-refractivity contribution in [2.24, 2.45) is 5.92 Å². The summed E-state index contributed by atoms with van der Waals surface area (Å²) >= 11 is 0. The molecule has 0 aliphatic rings. The first-order valence-corrected chi connectivity index (χ1v) is 5.61. The molecule has 1 rings (SSSR count). The van der Waals surface area contributed by atoms with Crippen LogP contribution < -0.4 is 5.32 Å². The van der Waals surface area contributed by atoms with E-state index in [9.17, 15) is 9.59 Å². The molecule has 0 saturated carbocycles. The summed E-state index contributed by atoms with van der Waals surface area (Å²) < 4.78 is 4.77. The van der Waals surface area contributed by atoms with Gasteiger partial charge in [-0.3, -0.25) is 4.79 Å². The van der Waals surface area contributed by atoms with Gasteiger partial charge in [0.2, 0.25) is 11.7 Å². The third kappa shape index (κ3) is 3.58. The summed E-state index contributed by atoms with van der Waals surface area (Å²) in [5.41, 5.74) is 0. The van der Waals surface area contributed by atoms with Crippen LogP contribution >= 0.6 is 0 Å². The maximum Gasteiger partial charge on any atom is 0.374 e. The molecule has 6 heteroatoms. The second-order valence-corrected chi connectivity index (χ2v) is 3.66. The van der Waals surface area contributed by atoms with Crippen LogP contribution in [0.5, 0.6) is 0 Å². The Kier molecular flexibility index (Phi) is 4.68. The van der Waals surface area contributed by atoms with E-state index in [-0.39, 0.29) is 24.3 Å². The molecule has 1 heterocycles. The van der Waals surface area contributed by atoms with E-state index < -0.39 is 5.97 Å². The number of H-pyrrole nitrogens is 1. The van der Waals surface area contributed by atoms with Gasteiger partial charge in [0, 0.05) is 5.92 Å². The van der Waals surface area contributed by atoms with Crippen LogP contribution in [-0.2, 0) is 9.53 Å². The zero-order valence-corrected chi connectivity index (χ0v) is 10.2. The molecule has 0 aromatic carbocycles. The van der Waals surface area contributed by atoms with Crippen LogP contribution in [0.15, 0.2) is 6.20 Å². The largest absolute Gasteiger partial charge is 0.460 e. The van der Waals surface area contributed by atoms with Crippen molar-refractivity contribution < 1.29 is 14.3 Å². The summed E-state index contributed by atoms with van der Waals surface area (Å²) in [7, 11) is 0. The SMILES string of the molecule is CCOC(=O)c1ncc(NC(=O)[C@H](C)CC)[nH]1. The van der Waals surface area contributed by atoms with E-state index >= 15 is 0 Å². The molecule has 1 aromatic heterocycles. The van der Waals surface area contributed by atoms with Crippen molar-refractivity contribution in [1.29, 1.82) is 0 Å². The van der Waals surface area contributed by atoms with Gasteiger partial charge in [-0.05, 0) is 13.3 Å². The number of carbonyl (C=O) groups is 2. The van der Waals surface area contributed by atoms with Crippen molar-refractivity contribution >= 4 is 17.7 Å². The number of imidazole rings is 1. The zero-order chi connectivity index (χ0) is 12.8. The third-order valence-electron chi connectivity index (χ3n) is 2.36. The lowest BCUT2D eigenvalue weighted by Crippen LogP contribution is -2.19. The quantitative estimate of drug-likeness (QED) is 0.764. The second-order valence-electron chi connectivity index (χ2n) is 3.66. The van der Waals surface area contributed by atoms with Gasteiger partial charge in [-0.25, -0.2) is 9.78 Å². The van der Waals surface area contributed by atoms with Gasteiger partial charge >= 0.3 is 5.97 Å². The summed E-state index contributed by atoms with van der Waals surface area (Å²) in [5, 5.41) is 2.65. The van der Waals surface area contributed by atoms with Crippen LogP contribution in [0.2, 0.25) is 0 Å². The molecule has 2 N–H and O–H groups in total. The van der Waals surface area contributed by atoms with Gasteiger partial charge in [-0.2, -0.15) is 0 Å². The first kappa shape index (κ1) is 13.2. The Balaban J connectivity index is 2.62. The van der Waals surface area contributed by atoms with Gasteiger partial charge in [0.15, 0.2) is 0 Å². The minimum absolute atomic E-state index is 0.0793. The van der Waals surface area contributed by atoms with Crippen molar-refractivity contribution in [3.05, 3.63) is 12.0 Å². The fourth-order valence-corrected chi connectivity index (χ4v) is 1.13. The highest BCUT2D eigenvalue weighted by Crippen LogP contribution is 2.08. The number of carbonyl (C=O) groups excluding carboxylic acids is 2. The first-order chi connectivity index (χ1) is 8.08. The van der Waals surface area contributed by atoms with Crippen LogP contribution in [0.4, 0.5) is 5.82 Å². The summed E-state index contributed by atoms with van der Waals surface area (Å²) in [4.78, 5) is 29.4. The van der Waals surface area contributed by atoms with Gasteiger partial charge < -0.3 is 15.0 Å². The number of anilines is 1. The summed E-state index contributed by atoms with van der Waals surface area (Å²) in [6, 6.07) is 0. The minimum Gasteiger partial charge on any atom is -0.460 e. The lowest BCUT2D eigenvalue weighted by molar-refractivity contribution is -0.119. The average Bonchev–Trinajstić information content (AvgIpc) is 2.76. The van der Waals surface area contributed by atoms with Gasteiger partial charge in [0.05, 0.1) is 12.8 Å².